The van der Waals surface area contributed by atoms with Crippen molar-refractivity contribution in [1.82, 2.24) is 5.32 Å². The highest BCUT2D eigenvalue weighted by Crippen LogP contribution is 2.12. The number of amides is 1. The maximum atomic E-state index is 11.4. The SMILES string of the molecule is O=C([O-])CCC(=O)NCCc1ccc(OCC[NH+]2CCCC2)cc1. The largest absolute Gasteiger partial charge is 0.550 e. The van der Waals surface area contributed by atoms with Gasteiger partial charge in [-0.15, -0.1) is 0 Å². The van der Waals surface area contributed by atoms with Crippen molar-refractivity contribution in [2.24, 2.45) is 0 Å². The van der Waals surface area contributed by atoms with Gasteiger partial charge >= 0.3 is 0 Å². The maximum Gasteiger partial charge on any atom is 0.220 e. The van der Waals surface area contributed by atoms with E-state index in [0.29, 0.717) is 13.0 Å². The Bertz CT molecular complexity index is 524. The highest BCUT2D eigenvalue weighted by Gasteiger charge is 2.14. The van der Waals surface area contributed by atoms with Gasteiger partial charge in [0.25, 0.3) is 0 Å². The molecule has 2 rings (SSSR count). The Morgan fingerprint density at radius 2 is 1.83 bits per heavy atom. The van der Waals surface area contributed by atoms with E-state index in [-0.39, 0.29) is 18.7 Å². The van der Waals surface area contributed by atoms with Gasteiger partial charge in [0, 0.05) is 31.8 Å². The number of aliphatic carboxylic acids is 1. The first-order valence-corrected chi connectivity index (χ1v) is 8.65. The number of carboxylic acids is 1. The molecule has 6 nitrogen and oxygen atoms in total. The lowest BCUT2D eigenvalue weighted by Crippen LogP contribution is -3.10. The molecule has 132 valence electrons. The Hall–Kier alpha value is -2.08. The minimum absolute atomic E-state index is 0.0336. The summed E-state index contributed by atoms with van der Waals surface area (Å²) in [5.74, 6) is -0.592. The molecule has 6 heteroatoms. The van der Waals surface area contributed by atoms with E-state index in [2.05, 4.69) is 5.32 Å². The quantitative estimate of drug-likeness (QED) is 0.571. The summed E-state index contributed by atoms with van der Waals surface area (Å²) in [6.07, 6.45) is 3.09. The number of hydrogen-bond donors (Lipinski definition) is 2. The maximum absolute atomic E-state index is 11.4. The van der Waals surface area contributed by atoms with Crippen LogP contribution in [0.1, 0.15) is 31.2 Å². The van der Waals surface area contributed by atoms with Crippen LogP contribution in [0.5, 0.6) is 5.75 Å². The summed E-state index contributed by atoms with van der Waals surface area (Å²) in [7, 11) is 0. The van der Waals surface area contributed by atoms with E-state index in [1.54, 1.807) is 4.90 Å². The zero-order valence-electron chi connectivity index (χ0n) is 14.0. The number of ether oxygens (including phenoxy) is 1. The number of hydrogen-bond acceptors (Lipinski definition) is 4. The molecule has 1 aromatic rings. The number of quaternary nitrogens is 1. The fourth-order valence-corrected chi connectivity index (χ4v) is 2.84. The number of carbonyl (C=O) groups is 2. The second-order valence-corrected chi connectivity index (χ2v) is 6.17. The molecule has 1 heterocycles. The van der Waals surface area contributed by atoms with Crippen LogP contribution < -0.4 is 20.1 Å². The van der Waals surface area contributed by atoms with Crippen LogP contribution in [-0.4, -0.2) is 44.7 Å². The van der Waals surface area contributed by atoms with Crippen LogP contribution in [-0.2, 0) is 16.0 Å². The molecule has 1 aliphatic heterocycles. The Kier molecular flexibility index (Phi) is 7.55. The third-order valence-corrected chi connectivity index (χ3v) is 4.25. The first kappa shape index (κ1) is 18.3. The molecule has 2 N–H and O–H groups in total. The zero-order chi connectivity index (χ0) is 17.2. The lowest BCUT2D eigenvalue weighted by molar-refractivity contribution is -0.887. The van der Waals surface area contributed by atoms with Gasteiger partial charge in [-0.05, 0) is 30.5 Å². The van der Waals surface area contributed by atoms with Crippen LogP contribution in [0.2, 0.25) is 0 Å². The minimum Gasteiger partial charge on any atom is -0.550 e. The average Bonchev–Trinajstić information content (AvgIpc) is 3.08. The Labute approximate surface area is 142 Å². The van der Waals surface area contributed by atoms with Crippen LogP contribution in [0.4, 0.5) is 0 Å². The van der Waals surface area contributed by atoms with Gasteiger partial charge in [-0.3, -0.25) is 4.79 Å². The van der Waals surface area contributed by atoms with E-state index in [0.717, 1.165) is 24.5 Å². The minimum atomic E-state index is -1.20. The van der Waals surface area contributed by atoms with Crippen LogP contribution in [0.25, 0.3) is 0 Å². The molecule has 0 spiro atoms. The number of carboxylic acid groups (broad SMARTS) is 1. The van der Waals surface area contributed by atoms with Crippen LogP contribution in [0.3, 0.4) is 0 Å². The summed E-state index contributed by atoms with van der Waals surface area (Å²) in [4.78, 5) is 23.3. The van der Waals surface area contributed by atoms with Gasteiger partial charge in [-0.1, -0.05) is 12.1 Å². The predicted octanol–water partition coefficient (Wildman–Crippen LogP) is -1.07. The third kappa shape index (κ3) is 7.00. The molecule has 24 heavy (non-hydrogen) atoms. The first-order valence-electron chi connectivity index (χ1n) is 8.65. The number of benzene rings is 1. The summed E-state index contributed by atoms with van der Waals surface area (Å²) in [6.45, 7) is 4.81. The van der Waals surface area contributed by atoms with Crippen molar-refractivity contribution in [3.8, 4) is 5.75 Å². The average molecular weight is 334 g/mol. The van der Waals surface area contributed by atoms with Gasteiger partial charge in [0.15, 0.2) is 0 Å². The van der Waals surface area contributed by atoms with Crippen molar-refractivity contribution in [3.05, 3.63) is 29.8 Å². The number of rotatable bonds is 10. The van der Waals surface area contributed by atoms with E-state index in [1.807, 2.05) is 24.3 Å². The molecule has 0 saturated carbocycles. The summed E-state index contributed by atoms with van der Waals surface area (Å²) in [5, 5.41) is 13.0. The summed E-state index contributed by atoms with van der Waals surface area (Å²) in [6, 6.07) is 7.88. The Morgan fingerprint density at radius 1 is 1.12 bits per heavy atom. The number of carbonyl (C=O) groups excluding carboxylic acids is 2. The number of likely N-dealkylation sites (tertiary alicyclic amines) is 1. The second kappa shape index (κ2) is 9.93. The van der Waals surface area contributed by atoms with Crippen LogP contribution in [0.15, 0.2) is 24.3 Å². The van der Waals surface area contributed by atoms with Crippen LogP contribution >= 0.6 is 0 Å². The Morgan fingerprint density at radius 3 is 2.50 bits per heavy atom. The summed E-state index contributed by atoms with van der Waals surface area (Å²) in [5.41, 5.74) is 1.10. The van der Waals surface area contributed by atoms with E-state index in [4.69, 9.17) is 4.74 Å². The molecular formula is C18H26N2O4. The topological polar surface area (TPSA) is 82.9 Å². The summed E-state index contributed by atoms with van der Waals surface area (Å²) >= 11 is 0. The second-order valence-electron chi connectivity index (χ2n) is 6.17. The van der Waals surface area contributed by atoms with Gasteiger partial charge in [-0.25, -0.2) is 0 Å². The third-order valence-electron chi connectivity index (χ3n) is 4.25. The molecule has 0 atom stereocenters. The lowest BCUT2D eigenvalue weighted by atomic mass is 10.1. The normalized spacial score (nSPS) is 14.5. The molecule has 1 aromatic carbocycles. The van der Waals surface area contributed by atoms with E-state index >= 15 is 0 Å². The van der Waals surface area contributed by atoms with Crippen molar-refractivity contribution in [3.63, 3.8) is 0 Å². The van der Waals surface area contributed by atoms with E-state index in [9.17, 15) is 14.7 Å². The van der Waals surface area contributed by atoms with Gasteiger partial charge < -0.3 is 24.9 Å². The van der Waals surface area contributed by atoms with Gasteiger partial charge in [0.2, 0.25) is 5.91 Å². The van der Waals surface area contributed by atoms with Gasteiger partial charge in [-0.2, -0.15) is 0 Å². The molecule has 0 unspecified atom stereocenters. The molecule has 0 aromatic heterocycles. The molecule has 0 bridgehead atoms. The highest BCUT2D eigenvalue weighted by atomic mass is 16.5. The smallest absolute Gasteiger partial charge is 0.220 e. The van der Waals surface area contributed by atoms with E-state index < -0.39 is 5.97 Å². The fraction of sp³-hybridized carbons (Fsp3) is 0.556. The molecule has 1 aliphatic rings. The highest BCUT2D eigenvalue weighted by molar-refractivity contribution is 5.79. The fourth-order valence-electron chi connectivity index (χ4n) is 2.84. The molecule has 1 amide bonds. The predicted molar refractivity (Wildman–Crippen MR) is 87.7 cm³/mol. The molecule has 0 radical (unpaired) electrons. The van der Waals surface area contributed by atoms with Gasteiger partial charge in [0.05, 0.1) is 13.1 Å². The van der Waals surface area contributed by atoms with Crippen molar-refractivity contribution in [2.45, 2.75) is 32.1 Å². The van der Waals surface area contributed by atoms with Crippen molar-refractivity contribution in [1.29, 1.82) is 0 Å². The molecular weight excluding hydrogens is 308 g/mol. The zero-order valence-corrected chi connectivity index (χ0v) is 14.0. The monoisotopic (exact) mass is 334 g/mol. The molecule has 0 aliphatic carbocycles. The van der Waals surface area contributed by atoms with Gasteiger partial charge in [0.1, 0.15) is 18.9 Å². The van der Waals surface area contributed by atoms with Crippen molar-refractivity contribution < 1.29 is 24.3 Å². The van der Waals surface area contributed by atoms with Crippen molar-refractivity contribution in [2.75, 3.05) is 32.8 Å². The standard InChI is InChI=1S/C18H26N2O4/c21-17(7-8-18(22)23)19-10-9-15-3-5-16(6-4-15)24-14-13-20-11-1-2-12-20/h3-6H,1-2,7-14H2,(H,19,21)(H,22,23). The van der Waals surface area contributed by atoms with E-state index in [1.165, 1.54) is 25.9 Å². The van der Waals surface area contributed by atoms with Crippen LogP contribution in [0, 0.1) is 0 Å². The number of nitrogens with one attached hydrogen (secondary N) is 2. The molecule has 1 fully saturated rings. The molecule has 1 saturated heterocycles. The first-order chi connectivity index (χ1) is 11.6. The van der Waals surface area contributed by atoms with Crippen molar-refractivity contribution >= 4 is 11.9 Å². The Balaban J connectivity index is 1.60. The summed E-state index contributed by atoms with van der Waals surface area (Å²) < 4.78 is 5.77. The lowest BCUT2D eigenvalue weighted by Gasteiger charge is -2.13.